The van der Waals surface area contributed by atoms with Gasteiger partial charge in [0.25, 0.3) is 11.5 Å². The van der Waals surface area contributed by atoms with Gasteiger partial charge in [-0.05, 0) is 42.5 Å². The minimum Gasteiger partial charge on any atom is -0.320 e. The van der Waals surface area contributed by atoms with Crippen molar-refractivity contribution < 1.29 is 4.79 Å². The van der Waals surface area contributed by atoms with E-state index in [0.29, 0.717) is 10.0 Å². The topological polar surface area (TPSA) is 84.0 Å². The monoisotopic (exact) mass is 409 g/mol. The van der Waals surface area contributed by atoms with Gasteiger partial charge in [0.15, 0.2) is 0 Å². The summed E-state index contributed by atoms with van der Waals surface area (Å²) in [5.41, 5.74) is -1.22. The average molecular weight is 411 g/mol. The number of hydrogen-bond acceptors (Lipinski definition) is 3. The normalized spacial score (nSPS) is 10.6. The predicted molar refractivity (Wildman–Crippen MR) is 102 cm³/mol. The number of carbonyl (C=O) groups is 1. The maximum absolute atomic E-state index is 12.6. The van der Waals surface area contributed by atoms with Crippen LogP contribution in [0.3, 0.4) is 0 Å². The quantitative estimate of drug-likeness (QED) is 0.690. The SMILES string of the molecule is O=C(Nc1cc(Cl)ccc1Cl)c1c[nH]c(=O)n(-c2ccc(Cl)cc2)c1=O. The van der Waals surface area contributed by atoms with Crippen LogP contribution in [0.4, 0.5) is 5.69 Å². The van der Waals surface area contributed by atoms with E-state index < -0.39 is 17.2 Å². The molecular weight excluding hydrogens is 401 g/mol. The number of benzene rings is 2. The third kappa shape index (κ3) is 3.67. The summed E-state index contributed by atoms with van der Waals surface area (Å²) in [5, 5.41) is 3.57. The molecule has 1 heterocycles. The first-order valence-corrected chi connectivity index (χ1v) is 8.37. The van der Waals surface area contributed by atoms with Crippen molar-refractivity contribution in [2.24, 2.45) is 0 Å². The van der Waals surface area contributed by atoms with Crippen molar-refractivity contribution in [3.8, 4) is 5.69 Å². The Labute approximate surface area is 162 Å². The van der Waals surface area contributed by atoms with E-state index in [1.807, 2.05) is 0 Å². The first kappa shape index (κ1) is 18.3. The zero-order valence-electron chi connectivity index (χ0n) is 12.9. The molecule has 0 radical (unpaired) electrons. The van der Waals surface area contributed by atoms with E-state index in [2.05, 4.69) is 10.3 Å². The summed E-state index contributed by atoms with van der Waals surface area (Å²) in [5.74, 6) is -0.738. The molecule has 3 rings (SSSR count). The van der Waals surface area contributed by atoms with E-state index in [1.165, 1.54) is 36.4 Å². The summed E-state index contributed by atoms with van der Waals surface area (Å²) >= 11 is 17.7. The van der Waals surface area contributed by atoms with E-state index in [-0.39, 0.29) is 22.0 Å². The van der Waals surface area contributed by atoms with Crippen molar-refractivity contribution in [2.75, 3.05) is 5.32 Å². The molecule has 1 aromatic heterocycles. The molecule has 2 aromatic carbocycles. The number of hydrogen-bond donors (Lipinski definition) is 2. The molecule has 6 nitrogen and oxygen atoms in total. The Morgan fingerprint density at radius 3 is 2.31 bits per heavy atom. The molecule has 2 N–H and O–H groups in total. The molecule has 0 aliphatic rings. The smallest absolute Gasteiger partial charge is 0.320 e. The Morgan fingerprint density at radius 1 is 0.962 bits per heavy atom. The van der Waals surface area contributed by atoms with Crippen molar-refractivity contribution >= 4 is 46.4 Å². The molecule has 0 fully saturated rings. The Hall–Kier alpha value is -2.54. The Kier molecular flexibility index (Phi) is 5.18. The highest BCUT2D eigenvalue weighted by atomic mass is 35.5. The van der Waals surface area contributed by atoms with Crippen LogP contribution >= 0.6 is 34.8 Å². The summed E-state index contributed by atoms with van der Waals surface area (Å²) in [6, 6.07) is 10.6. The molecular formula is C17H10Cl3N3O3. The fourth-order valence-corrected chi connectivity index (χ4v) is 2.71. The zero-order valence-corrected chi connectivity index (χ0v) is 15.2. The summed E-state index contributed by atoms with van der Waals surface area (Å²) in [6.07, 6.45) is 1.05. The van der Waals surface area contributed by atoms with Crippen LogP contribution in [-0.2, 0) is 0 Å². The molecule has 0 aliphatic heterocycles. The van der Waals surface area contributed by atoms with Gasteiger partial charge in [0.05, 0.1) is 16.4 Å². The molecule has 0 aliphatic carbocycles. The van der Waals surface area contributed by atoms with E-state index >= 15 is 0 Å². The van der Waals surface area contributed by atoms with Gasteiger partial charge in [-0.25, -0.2) is 9.36 Å². The first-order valence-electron chi connectivity index (χ1n) is 7.24. The number of rotatable bonds is 3. The van der Waals surface area contributed by atoms with E-state index in [9.17, 15) is 14.4 Å². The predicted octanol–water partition coefficient (Wildman–Crippen LogP) is 3.74. The zero-order chi connectivity index (χ0) is 18.8. The molecule has 0 bridgehead atoms. The molecule has 9 heteroatoms. The maximum atomic E-state index is 12.6. The second-order valence-corrected chi connectivity index (χ2v) is 6.48. The number of H-pyrrole nitrogens is 1. The second kappa shape index (κ2) is 7.37. The second-order valence-electron chi connectivity index (χ2n) is 5.20. The fraction of sp³-hybridized carbons (Fsp3) is 0. The lowest BCUT2D eigenvalue weighted by atomic mass is 10.2. The summed E-state index contributed by atoms with van der Waals surface area (Å²) in [7, 11) is 0. The molecule has 26 heavy (non-hydrogen) atoms. The van der Waals surface area contributed by atoms with Crippen LogP contribution in [0.25, 0.3) is 5.69 Å². The highest BCUT2D eigenvalue weighted by molar-refractivity contribution is 6.35. The minimum atomic E-state index is -0.785. The number of aromatic nitrogens is 2. The molecule has 132 valence electrons. The number of amides is 1. The fourth-order valence-electron chi connectivity index (χ4n) is 2.24. The van der Waals surface area contributed by atoms with Crippen LogP contribution < -0.4 is 16.6 Å². The third-order valence-corrected chi connectivity index (χ3v) is 4.30. The molecule has 0 saturated carbocycles. The molecule has 0 saturated heterocycles. The van der Waals surface area contributed by atoms with Crippen molar-refractivity contribution in [3.63, 3.8) is 0 Å². The van der Waals surface area contributed by atoms with Crippen molar-refractivity contribution in [1.29, 1.82) is 0 Å². The summed E-state index contributed by atoms with van der Waals surface area (Å²) < 4.78 is 0.838. The lowest BCUT2D eigenvalue weighted by Gasteiger charge is -2.09. The van der Waals surface area contributed by atoms with Gasteiger partial charge < -0.3 is 10.3 Å². The van der Waals surface area contributed by atoms with Crippen LogP contribution in [0.1, 0.15) is 10.4 Å². The summed E-state index contributed by atoms with van der Waals surface area (Å²) in [6.45, 7) is 0. The van der Waals surface area contributed by atoms with Gasteiger partial charge in [-0.1, -0.05) is 34.8 Å². The van der Waals surface area contributed by atoms with Gasteiger partial charge in [0.1, 0.15) is 5.56 Å². The van der Waals surface area contributed by atoms with Gasteiger partial charge in [-0.15, -0.1) is 0 Å². The van der Waals surface area contributed by atoms with Crippen molar-refractivity contribution in [1.82, 2.24) is 9.55 Å². The molecule has 0 unspecified atom stereocenters. The lowest BCUT2D eigenvalue weighted by Crippen LogP contribution is -2.38. The van der Waals surface area contributed by atoms with Crippen molar-refractivity contribution in [2.45, 2.75) is 0 Å². The van der Waals surface area contributed by atoms with E-state index in [4.69, 9.17) is 34.8 Å². The molecule has 3 aromatic rings. The largest absolute Gasteiger partial charge is 0.333 e. The van der Waals surface area contributed by atoms with Crippen molar-refractivity contribution in [3.05, 3.63) is 90.1 Å². The van der Waals surface area contributed by atoms with Gasteiger partial charge in [0, 0.05) is 16.2 Å². The van der Waals surface area contributed by atoms with E-state index in [1.54, 1.807) is 6.07 Å². The average Bonchev–Trinajstić information content (AvgIpc) is 2.60. The first-order chi connectivity index (χ1) is 12.4. The molecule has 0 atom stereocenters. The van der Waals surface area contributed by atoms with Crippen LogP contribution in [0.15, 0.2) is 58.3 Å². The Bertz CT molecular complexity index is 1100. The number of nitrogens with zero attached hydrogens (tertiary/aromatic N) is 1. The van der Waals surface area contributed by atoms with Gasteiger partial charge in [0.2, 0.25) is 0 Å². The number of anilines is 1. The number of halogens is 3. The Morgan fingerprint density at radius 2 is 1.62 bits per heavy atom. The number of nitrogens with one attached hydrogen (secondary N) is 2. The van der Waals surface area contributed by atoms with Crippen LogP contribution in [0.2, 0.25) is 15.1 Å². The molecule has 1 amide bonds. The highest BCUT2D eigenvalue weighted by Crippen LogP contribution is 2.25. The third-order valence-electron chi connectivity index (χ3n) is 3.48. The van der Waals surface area contributed by atoms with E-state index in [0.717, 1.165) is 10.8 Å². The summed E-state index contributed by atoms with van der Waals surface area (Å²) in [4.78, 5) is 39.6. The maximum Gasteiger partial charge on any atom is 0.333 e. The van der Waals surface area contributed by atoms with Gasteiger partial charge in [-0.2, -0.15) is 0 Å². The highest BCUT2D eigenvalue weighted by Gasteiger charge is 2.17. The van der Waals surface area contributed by atoms with Crippen LogP contribution in [0, 0.1) is 0 Å². The van der Waals surface area contributed by atoms with Gasteiger partial charge in [-0.3, -0.25) is 9.59 Å². The standard InChI is InChI=1S/C17H10Cl3N3O3/c18-9-1-4-11(5-2-9)23-16(25)12(8-21-17(23)26)15(24)22-14-7-10(19)3-6-13(14)20/h1-8H,(H,21,26)(H,22,24). The Balaban J connectivity index is 2.03. The number of carbonyl (C=O) groups excluding carboxylic acids is 1. The molecule has 0 spiro atoms. The number of aromatic amines is 1. The lowest BCUT2D eigenvalue weighted by molar-refractivity contribution is 0.102. The van der Waals surface area contributed by atoms with Crippen LogP contribution in [-0.4, -0.2) is 15.5 Å². The van der Waals surface area contributed by atoms with Gasteiger partial charge >= 0.3 is 5.69 Å². The van der Waals surface area contributed by atoms with Crippen LogP contribution in [0.5, 0.6) is 0 Å². The minimum absolute atomic E-state index is 0.243.